The van der Waals surface area contributed by atoms with Crippen molar-refractivity contribution < 1.29 is 19.2 Å². The number of carbonyl (C=O) groups is 4. The molecule has 6 heterocycles. The van der Waals surface area contributed by atoms with Crippen LogP contribution >= 0.6 is 22.7 Å². The van der Waals surface area contributed by atoms with Crippen LogP contribution < -0.4 is 21.3 Å². The predicted octanol–water partition coefficient (Wildman–Crippen LogP) is 12.9. The van der Waals surface area contributed by atoms with Crippen molar-refractivity contribution in [1.82, 2.24) is 40.4 Å². The summed E-state index contributed by atoms with van der Waals surface area (Å²) >= 11 is 2.84. The zero-order valence-corrected chi connectivity index (χ0v) is 49.8. The smallest absolute Gasteiger partial charge is 0.261 e. The molecule has 434 valence electrons. The molecule has 7 aromatic carbocycles. The molecule has 0 spiro atoms. The van der Waals surface area contributed by atoms with E-state index in [2.05, 4.69) is 159 Å². The van der Waals surface area contributed by atoms with Gasteiger partial charge in [0.25, 0.3) is 23.6 Å². The Bertz CT molecular complexity index is 4120. The van der Waals surface area contributed by atoms with E-state index in [4.69, 9.17) is 5.10 Å². The van der Waals surface area contributed by atoms with Crippen molar-refractivity contribution in [3.63, 3.8) is 0 Å². The summed E-state index contributed by atoms with van der Waals surface area (Å²) in [7, 11) is 4.22. The van der Waals surface area contributed by atoms with Crippen molar-refractivity contribution >= 4 is 57.7 Å². The van der Waals surface area contributed by atoms with E-state index in [9.17, 15) is 19.2 Å². The van der Waals surface area contributed by atoms with Crippen LogP contribution in [0.5, 0.6) is 0 Å². The third-order valence-corrected chi connectivity index (χ3v) is 18.1. The predicted molar refractivity (Wildman–Crippen MR) is 346 cm³/mol. The second kappa shape index (κ2) is 26.2. The number of aromatic nitrogens is 4. The lowest BCUT2D eigenvalue weighted by Crippen LogP contribution is -2.38. The van der Waals surface area contributed by atoms with E-state index in [0.717, 1.165) is 99.1 Å². The third kappa shape index (κ3) is 13.2. The van der Waals surface area contributed by atoms with Crippen LogP contribution in [0.1, 0.15) is 90.1 Å². The van der Waals surface area contributed by atoms with Crippen LogP contribution in [0.15, 0.2) is 225 Å². The fraction of sp³-hybridized carbons (Fsp3) is 0.155. The third-order valence-electron chi connectivity index (χ3n) is 15.8. The number of anilines is 2. The number of nitrogens with one attached hydrogen (secondary N) is 5. The monoisotopic (exact) mass is 1180 g/mol. The summed E-state index contributed by atoms with van der Waals surface area (Å²) in [5.41, 5.74) is 14.0. The molecule has 14 nitrogen and oxygen atoms in total. The number of nitrogens with zero attached hydrogens (tertiary/aromatic N) is 5. The van der Waals surface area contributed by atoms with Gasteiger partial charge in [0.2, 0.25) is 0 Å². The number of fused-ring (bicyclic) bond motifs is 2. The highest BCUT2D eigenvalue weighted by molar-refractivity contribution is 7.17. The van der Waals surface area contributed by atoms with E-state index >= 15 is 0 Å². The van der Waals surface area contributed by atoms with Crippen molar-refractivity contribution in [3.8, 4) is 20.9 Å². The number of hydrogen-bond acceptors (Lipinski definition) is 10. The van der Waals surface area contributed by atoms with E-state index in [-0.39, 0.29) is 23.6 Å². The van der Waals surface area contributed by atoms with E-state index in [0.29, 0.717) is 34.0 Å². The highest BCUT2D eigenvalue weighted by Gasteiger charge is 2.39. The number of amides is 4. The summed E-state index contributed by atoms with van der Waals surface area (Å²) in [5, 5.41) is 23.7. The van der Waals surface area contributed by atoms with Crippen molar-refractivity contribution in [2.75, 3.05) is 37.8 Å². The molecule has 13 rings (SSSR count). The lowest BCUT2D eigenvalue weighted by Gasteiger charge is -2.36. The molecule has 4 aromatic heterocycles. The van der Waals surface area contributed by atoms with Crippen LogP contribution in [0, 0.1) is 0 Å². The number of H-pyrrole nitrogens is 1. The zero-order valence-electron chi connectivity index (χ0n) is 48.2. The quantitative estimate of drug-likeness (QED) is 0.0596. The Hall–Kier alpha value is -9.84. The number of benzene rings is 7. The number of carbonyl (C=O) groups excluding carboxylic acids is 4. The first-order valence-corrected chi connectivity index (χ1v) is 30.5. The number of likely N-dealkylation sites (N-methyl/N-ethyl adjacent to an activating group) is 2. The minimum absolute atomic E-state index is 0.145. The average Bonchev–Trinajstić information content (AvgIpc) is 2.03. The molecule has 4 amide bonds. The Morgan fingerprint density at radius 2 is 0.966 bits per heavy atom. The van der Waals surface area contributed by atoms with Gasteiger partial charge in [-0.2, -0.15) is 10.2 Å². The molecule has 0 saturated heterocycles. The van der Waals surface area contributed by atoms with E-state index in [1.807, 2.05) is 102 Å². The zero-order chi connectivity index (χ0) is 59.7. The largest absolute Gasteiger partial charge is 0.347 e. The van der Waals surface area contributed by atoms with Crippen molar-refractivity contribution in [1.29, 1.82) is 0 Å². The van der Waals surface area contributed by atoms with Gasteiger partial charge >= 0.3 is 0 Å². The number of rotatable bonds is 16. The molecule has 11 aromatic rings. The summed E-state index contributed by atoms with van der Waals surface area (Å²) < 4.78 is 2.04. The van der Waals surface area contributed by atoms with Gasteiger partial charge in [-0.3, -0.25) is 29.0 Å². The van der Waals surface area contributed by atoms with Gasteiger partial charge in [0.05, 0.1) is 22.1 Å². The van der Waals surface area contributed by atoms with Crippen LogP contribution in [0.4, 0.5) is 11.4 Å². The maximum absolute atomic E-state index is 13.4. The topological polar surface area (TPSA) is 169 Å². The SMILES string of the molecule is CN1CCc2ccc(NC(=O)c3cccc(CNC(=O)c4ccc(-c5cn[nH]c5)s4)c3)cc2C1.CN1CCc2ccc(NC(=O)c3cccc(CNC(=O)c4ccc(-c5cnn(C(c6ccccc6)(c6ccccc6)c6ccccc6)c5)s4)c3)cc2C1. The second-order valence-corrected chi connectivity index (χ2v) is 24.1. The maximum Gasteiger partial charge on any atom is 0.261 e. The number of aromatic amines is 1. The number of hydrogen-bond donors (Lipinski definition) is 5. The summed E-state index contributed by atoms with van der Waals surface area (Å²) in [6, 6.07) is 65.8. The van der Waals surface area contributed by atoms with Crippen LogP contribution in [-0.2, 0) is 44.6 Å². The van der Waals surface area contributed by atoms with E-state index < -0.39 is 5.54 Å². The second-order valence-electron chi connectivity index (χ2n) is 21.9. The van der Waals surface area contributed by atoms with E-state index in [1.54, 1.807) is 24.5 Å². The first kappa shape index (κ1) is 57.6. The Morgan fingerprint density at radius 3 is 1.43 bits per heavy atom. The molecular formula is C71H64N10O4S2. The molecule has 0 bridgehead atoms. The molecule has 0 fully saturated rings. The molecule has 0 unspecified atom stereocenters. The Balaban J connectivity index is 0.000000187. The van der Waals surface area contributed by atoms with Gasteiger partial charge in [-0.15, -0.1) is 22.7 Å². The Morgan fingerprint density at radius 1 is 0.494 bits per heavy atom. The lowest BCUT2D eigenvalue weighted by atomic mass is 9.77. The van der Waals surface area contributed by atoms with Crippen LogP contribution in [0.3, 0.4) is 0 Å². The van der Waals surface area contributed by atoms with Gasteiger partial charge in [-0.05, 0) is 150 Å². The molecular weight excluding hydrogens is 1120 g/mol. The fourth-order valence-electron chi connectivity index (χ4n) is 11.3. The molecule has 0 radical (unpaired) electrons. The van der Waals surface area contributed by atoms with E-state index in [1.165, 1.54) is 44.9 Å². The van der Waals surface area contributed by atoms with Gasteiger partial charge < -0.3 is 31.1 Å². The normalized spacial score (nSPS) is 13.1. The van der Waals surface area contributed by atoms with Gasteiger partial charge in [0.15, 0.2) is 0 Å². The molecule has 2 aliphatic heterocycles. The summed E-state index contributed by atoms with van der Waals surface area (Å²) in [6.45, 7) is 4.50. The summed E-state index contributed by atoms with van der Waals surface area (Å²) in [6.07, 6.45) is 9.52. The molecule has 0 atom stereocenters. The Kier molecular flexibility index (Phi) is 17.3. The van der Waals surface area contributed by atoms with Crippen molar-refractivity contribution in [3.05, 3.63) is 296 Å². The number of thiophene rings is 2. The first-order valence-electron chi connectivity index (χ1n) is 28.9. The van der Waals surface area contributed by atoms with Crippen molar-refractivity contribution in [2.45, 2.75) is 44.6 Å². The molecule has 87 heavy (non-hydrogen) atoms. The first-order chi connectivity index (χ1) is 42.5. The highest BCUT2D eigenvalue weighted by atomic mass is 32.1. The van der Waals surface area contributed by atoms with Gasteiger partial charge in [-0.25, -0.2) is 0 Å². The van der Waals surface area contributed by atoms with Crippen molar-refractivity contribution in [2.24, 2.45) is 0 Å². The molecule has 16 heteroatoms. The maximum atomic E-state index is 13.4. The highest BCUT2D eigenvalue weighted by Crippen LogP contribution is 2.42. The summed E-state index contributed by atoms with van der Waals surface area (Å²) in [5.74, 6) is -0.662. The Labute approximate surface area is 513 Å². The average molecular weight is 1190 g/mol. The molecule has 5 N–H and O–H groups in total. The molecule has 0 aliphatic carbocycles. The van der Waals surface area contributed by atoms with Gasteiger partial charge in [0.1, 0.15) is 5.54 Å². The standard InChI is InChI=1S/C45H39N5O2S.C26H25N5O2S/c1-49-25-24-33-20-21-40(27-35(33)30-49)48-43(51)34-13-11-12-32(26-34)28-46-44(52)42-23-22-41(53-42)36-29-47-50(31-36)45(37-14-5-2-6-15-37,38-16-7-3-8-17-38)39-18-9-4-10-19-39;1-31-10-9-18-5-6-22(12-20(18)16-31)30-25(32)19-4-2-3-17(11-19)13-27-26(33)24-8-7-23(34-24)21-14-28-29-15-21/h2-23,26-27,29,31H,24-25,28,30H2,1H3,(H,46,52)(H,48,51);2-8,11-12,14-15H,9-10,13,16H2,1H3,(H,27,33)(H,28,29)(H,30,32). The van der Waals surface area contributed by atoms with Crippen LogP contribution in [0.25, 0.3) is 20.9 Å². The minimum atomic E-state index is -0.720. The van der Waals surface area contributed by atoms with Gasteiger partial charge in [0, 0.05) is 95.0 Å². The lowest BCUT2D eigenvalue weighted by molar-refractivity contribution is 0.0946. The molecule has 0 saturated carbocycles. The molecule has 2 aliphatic rings. The van der Waals surface area contributed by atoms with Crippen LogP contribution in [-0.4, -0.2) is 80.6 Å². The van der Waals surface area contributed by atoms with Gasteiger partial charge in [-0.1, -0.05) is 127 Å². The van der Waals surface area contributed by atoms with Crippen LogP contribution in [0.2, 0.25) is 0 Å². The fourth-order valence-corrected chi connectivity index (χ4v) is 13.1. The summed E-state index contributed by atoms with van der Waals surface area (Å²) in [4.78, 5) is 59.7. The minimum Gasteiger partial charge on any atom is -0.347 e.